The van der Waals surface area contributed by atoms with Crippen molar-refractivity contribution in [2.75, 3.05) is 0 Å². The van der Waals surface area contributed by atoms with Gasteiger partial charge in [0, 0.05) is 16.5 Å². The lowest BCUT2D eigenvalue weighted by molar-refractivity contribution is -0.253. The molecule has 2 atom stereocenters. The molecule has 1 aliphatic carbocycles. The van der Waals surface area contributed by atoms with Crippen molar-refractivity contribution in [2.45, 2.75) is 50.4 Å². The third-order valence-electron chi connectivity index (χ3n) is 6.95. The van der Waals surface area contributed by atoms with Gasteiger partial charge in [-0.15, -0.1) is 11.3 Å². The molecule has 1 heterocycles. The van der Waals surface area contributed by atoms with E-state index in [1.165, 1.54) is 23.5 Å². The number of thiazole rings is 1. The zero-order valence-corrected chi connectivity index (χ0v) is 23.2. The number of hydrogen-bond donors (Lipinski definition) is 2. The molecule has 5 rings (SSSR count). The van der Waals surface area contributed by atoms with E-state index in [9.17, 15) is 27.5 Å². The van der Waals surface area contributed by atoms with Gasteiger partial charge in [0.1, 0.15) is 16.9 Å². The van der Waals surface area contributed by atoms with Gasteiger partial charge in [0.2, 0.25) is 0 Å². The van der Waals surface area contributed by atoms with Crippen LogP contribution in [-0.4, -0.2) is 34.6 Å². The summed E-state index contributed by atoms with van der Waals surface area (Å²) < 4.78 is 56.8. The highest BCUT2D eigenvalue weighted by molar-refractivity contribution is 7.13. The fraction of sp³-hybridized carbons (Fsp3) is 0.250. The van der Waals surface area contributed by atoms with E-state index < -0.39 is 36.3 Å². The molecule has 0 radical (unpaired) electrons. The van der Waals surface area contributed by atoms with Crippen molar-refractivity contribution in [3.05, 3.63) is 112 Å². The van der Waals surface area contributed by atoms with Crippen LogP contribution in [-0.2, 0) is 12.8 Å². The standard InChI is InChI=1S/C32H28F4N2O3S/c33-31(34)32(35,36)41-23-14-7-9-20(17-23)18-26(28(39)27-19-42-30(38-27)22-11-4-1-5-12-22)37-29(40)25-16-8-13-21-10-3-2-6-15-24(21)25/h1,4-9,11-17,19,26,28,31,39H,2-3,10,18H2,(H,37,40). The number of amides is 1. The minimum Gasteiger partial charge on any atom is -0.428 e. The lowest BCUT2D eigenvalue weighted by atomic mass is 9.96. The number of benzene rings is 3. The van der Waals surface area contributed by atoms with Crippen molar-refractivity contribution in [1.82, 2.24) is 10.3 Å². The van der Waals surface area contributed by atoms with Gasteiger partial charge in [0.15, 0.2) is 0 Å². The van der Waals surface area contributed by atoms with Gasteiger partial charge in [-0.1, -0.05) is 66.7 Å². The van der Waals surface area contributed by atoms with E-state index in [-0.39, 0.29) is 6.42 Å². The van der Waals surface area contributed by atoms with Crippen LogP contribution >= 0.6 is 11.3 Å². The molecule has 2 unspecified atom stereocenters. The van der Waals surface area contributed by atoms with Crippen molar-refractivity contribution < 1.29 is 32.2 Å². The SMILES string of the molecule is O=C(NC(Cc1cccc(OC(F)(F)C(F)F)c1)C(O)c1csc(-c2ccccc2)n1)c1cccc2c1C=CCCC2. The summed E-state index contributed by atoms with van der Waals surface area (Å²) in [5, 5.41) is 16.8. The summed E-state index contributed by atoms with van der Waals surface area (Å²) in [5.41, 5.74) is 3.88. The maximum Gasteiger partial charge on any atom is 0.461 e. The normalized spacial score (nSPS) is 14.6. The molecule has 1 aliphatic rings. The van der Waals surface area contributed by atoms with Crippen LogP contribution in [0, 0.1) is 0 Å². The molecule has 10 heteroatoms. The Morgan fingerprint density at radius 3 is 2.64 bits per heavy atom. The molecule has 218 valence electrons. The number of aliphatic hydroxyl groups is 1. The van der Waals surface area contributed by atoms with Gasteiger partial charge < -0.3 is 15.2 Å². The van der Waals surface area contributed by atoms with Crippen molar-refractivity contribution in [3.8, 4) is 16.3 Å². The number of aryl methyl sites for hydroxylation is 1. The molecule has 1 aromatic heterocycles. The third-order valence-corrected chi connectivity index (χ3v) is 7.86. The van der Waals surface area contributed by atoms with Crippen molar-refractivity contribution in [3.63, 3.8) is 0 Å². The number of nitrogens with zero attached hydrogens (tertiary/aromatic N) is 1. The Kier molecular flexibility index (Phi) is 9.03. The number of aliphatic hydroxyl groups excluding tert-OH is 1. The van der Waals surface area contributed by atoms with E-state index >= 15 is 0 Å². The topological polar surface area (TPSA) is 71.5 Å². The molecule has 1 amide bonds. The number of carbonyl (C=O) groups excluding carboxylic acids is 1. The summed E-state index contributed by atoms with van der Waals surface area (Å²) in [5.74, 6) is -0.881. The molecule has 0 spiro atoms. The van der Waals surface area contributed by atoms with Crippen LogP contribution in [0.2, 0.25) is 0 Å². The van der Waals surface area contributed by atoms with Crippen molar-refractivity contribution >= 4 is 23.3 Å². The minimum atomic E-state index is -4.67. The van der Waals surface area contributed by atoms with Gasteiger partial charge in [-0.2, -0.15) is 17.6 Å². The predicted octanol–water partition coefficient (Wildman–Crippen LogP) is 7.47. The summed E-state index contributed by atoms with van der Waals surface area (Å²) in [6, 6.07) is 19.3. The highest BCUT2D eigenvalue weighted by Gasteiger charge is 2.44. The molecule has 2 N–H and O–H groups in total. The number of rotatable bonds is 10. The Labute approximate surface area is 244 Å². The molecular weight excluding hydrogens is 568 g/mol. The zero-order valence-electron chi connectivity index (χ0n) is 22.4. The van der Waals surface area contributed by atoms with E-state index in [1.807, 2.05) is 54.6 Å². The Balaban J connectivity index is 1.44. The molecule has 0 aliphatic heterocycles. The summed E-state index contributed by atoms with van der Waals surface area (Å²) >= 11 is 1.34. The Hall–Kier alpha value is -4.02. The summed E-state index contributed by atoms with van der Waals surface area (Å²) in [7, 11) is 0. The smallest absolute Gasteiger partial charge is 0.428 e. The summed E-state index contributed by atoms with van der Waals surface area (Å²) in [6.07, 6.45) is -3.32. The first-order valence-corrected chi connectivity index (χ1v) is 14.3. The monoisotopic (exact) mass is 596 g/mol. The molecule has 0 saturated heterocycles. The molecule has 4 aromatic rings. The second-order valence-electron chi connectivity index (χ2n) is 9.96. The fourth-order valence-electron chi connectivity index (χ4n) is 4.86. The van der Waals surface area contributed by atoms with Gasteiger partial charge >= 0.3 is 12.5 Å². The second-order valence-corrected chi connectivity index (χ2v) is 10.8. The van der Waals surface area contributed by atoms with Crippen molar-refractivity contribution in [1.29, 1.82) is 0 Å². The van der Waals surface area contributed by atoms with Crippen LogP contribution in [0.5, 0.6) is 5.75 Å². The molecule has 3 aromatic carbocycles. The second kappa shape index (κ2) is 12.9. The third kappa shape index (κ3) is 6.88. The number of allylic oxidation sites excluding steroid dienone is 1. The van der Waals surface area contributed by atoms with Gasteiger partial charge in [0.25, 0.3) is 5.91 Å². The first kappa shape index (κ1) is 29.5. The number of alkyl halides is 4. The first-order chi connectivity index (χ1) is 20.2. The predicted molar refractivity (Wildman–Crippen MR) is 154 cm³/mol. The quantitative estimate of drug-likeness (QED) is 0.186. The molecule has 0 saturated carbocycles. The lowest BCUT2D eigenvalue weighted by Gasteiger charge is -2.24. The average molecular weight is 597 g/mol. The number of carbonyl (C=O) groups is 1. The molecule has 5 nitrogen and oxygen atoms in total. The Morgan fingerprint density at radius 1 is 1.07 bits per heavy atom. The van der Waals surface area contributed by atoms with Gasteiger partial charge in [-0.25, -0.2) is 4.98 Å². The largest absolute Gasteiger partial charge is 0.461 e. The molecule has 0 fully saturated rings. The number of aromatic nitrogens is 1. The number of nitrogens with one attached hydrogen (secondary N) is 1. The minimum absolute atomic E-state index is 0.0204. The van der Waals surface area contributed by atoms with E-state index in [4.69, 9.17) is 0 Å². The average Bonchev–Trinajstić information content (AvgIpc) is 3.35. The highest BCUT2D eigenvalue weighted by Crippen LogP contribution is 2.31. The molecule has 42 heavy (non-hydrogen) atoms. The first-order valence-electron chi connectivity index (χ1n) is 13.4. The molecular formula is C32H28F4N2O3S. The fourth-order valence-corrected chi connectivity index (χ4v) is 5.71. The zero-order chi connectivity index (χ0) is 29.7. The molecule has 0 bridgehead atoms. The van der Waals surface area contributed by atoms with Crippen LogP contribution in [0.15, 0.2) is 84.3 Å². The van der Waals surface area contributed by atoms with E-state index in [2.05, 4.69) is 15.0 Å². The van der Waals surface area contributed by atoms with Crippen LogP contribution in [0.25, 0.3) is 16.6 Å². The van der Waals surface area contributed by atoms with Gasteiger partial charge in [-0.05, 0) is 60.6 Å². The lowest BCUT2D eigenvalue weighted by Crippen LogP contribution is -2.41. The summed E-state index contributed by atoms with van der Waals surface area (Å²) in [6.45, 7) is 0. The maximum atomic E-state index is 13.6. The van der Waals surface area contributed by atoms with Crippen LogP contribution in [0.1, 0.15) is 51.7 Å². The highest BCUT2D eigenvalue weighted by atomic mass is 32.1. The Bertz CT molecular complexity index is 1560. The van der Waals surface area contributed by atoms with E-state index in [1.54, 1.807) is 17.5 Å². The van der Waals surface area contributed by atoms with E-state index in [0.29, 0.717) is 21.8 Å². The van der Waals surface area contributed by atoms with Gasteiger partial charge in [-0.3, -0.25) is 4.79 Å². The number of halogens is 4. The number of hydrogen-bond acceptors (Lipinski definition) is 5. The summed E-state index contributed by atoms with van der Waals surface area (Å²) in [4.78, 5) is 18.2. The van der Waals surface area contributed by atoms with Crippen LogP contribution < -0.4 is 10.1 Å². The van der Waals surface area contributed by atoms with Gasteiger partial charge in [0.05, 0.1) is 11.7 Å². The van der Waals surface area contributed by atoms with Crippen LogP contribution in [0.4, 0.5) is 17.6 Å². The van der Waals surface area contributed by atoms with Crippen LogP contribution in [0.3, 0.4) is 0 Å². The number of fused-ring (bicyclic) bond motifs is 1. The Morgan fingerprint density at radius 2 is 1.86 bits per heavy atom. The van der Waals surface area contributed by atoms with E-state index in [0.717, 1.165) is 42.0 Å². The van der Waals surface area contributed by atoms with Crippen molar-refractivity contribution in [2.24, 2.45) is 0 Å². The number of ether oxygens (including phenoxy) is 1. The maximum absolute atomic E-state index is 13.6.